The highest BCUT2D eigenvalue weighted by Crippen LogP contribution is 2.33. The van der Waals surface area contributed by atoms with E-state index in [0.29, 0.717) is 15.9 Å². The van der Waals surface area contributed by atoms with E-state index in [2.05, 4.69) is 5.32 Å². The second kappa shape index (κ2) is 13.8. The Balaban J connectivity index is 1.75. The molecule has 7 nitrogen and oxygen atoms in total. The number of halogens is 4. The van der Waals surface area contributed by atoms with Crippen LogP contribution in [0.5, 0.6) is 0 Å². The molecule has 1 unspecified atom stereocenters. The number of alkyl halides is 3. The maximum absolute atomic E-state index is 14.1. The van der Waals surface area contributed by atoms with Crippen LogP contribution in [0, 0.1) is 12.7 Å². The van der Waals surface area contributed by atoms with Crippen molar-refractivity contribution in [3.63, 3.8) is 0 Å². The summed E-state index contributed by atoms with van der Waals surface area (Å²) < 4.78 is 83.1. The molecule has 0 heterocycles. The van der Waals surface area contributed by atoms with Gasteiger partial charge < -0.3 is 10.2 Å². The van der Waals surface area contributed by atoms with Crippen molar-refractivity contribution in [3.8, 4) is 0 Å². The number of nitrogens with zero attached hydrogens (tertiary/aromatic N) is 2. The van der Waals surface area contributed by atoms with Gasteiger partial charge in [-0.15, -0.1) is 0 Å². The van der Waals surface area contributed by atoms with E-state index in [0.717, 1.165) is 43.4 Å². The van der Waals surface area contributed by atoms with Crippen LogP contribution in [-0.2, 0) is 32.3 Å². The molecule has 0 bridgehead atoms. The Kier molecular flexibility index (Phi) is 10.3. The molecule has 2 amide bonds. The SMILES string of the molecule is CCC(C(=O)NC1CCCC1)N(Cc1ccc(F)cc1)C(=O)CN(c1cccc(C(F)(F)F)c1)S(=O)(=O)c1ccc(C)cc1. The molecule has 0 spiro atoms. The molecule has 0 radical (unpaired) electrons. The minimum Gasteiger partial charge on any atom is -0.352 e. The molecule has 0 aliphatic heterocycles. The number of carbonyl (C=O) groups excluding carboxylic acids is 2. The summed E-state index contributed by atoms with van der Waals surface area (Å²) in [4.78, 5) is 28.6. The van der Waals surface area contributed by atoms with Gasteiger partial charge in [-0.2, -0.15) is 13.2 Å². The van der Waals surface area contributed by atoms with E-state index in [9.17, 15) is 35.6 Å². The van der Waals surface area contributed by atoms with Gasteiger partial charge in [0.15, 0.2) is 0 Å². The number of anilines is 1. The van der Waals surface area contributed by atoms with Crippen molar-refractivity contribution in [1.82, 2.24) is 10.2 Å². The first-order valence-electron chi connectivity index (χ1n) is 14.4. The Bertz CT molecular complexity index is 1560. The Labute approximate surface area is 254 Å². The minimum absolute atomic E-state index is 0.0529. The number of aryl methyl sites for hydroxylation is 1. The van der Waals surface area contributed by atoms with Crippen molar-refractivity contribution < 1.29 is 35.6 Å². The first kappa shape index (κ1) is 33.0. The number of carbonyl (C=O) groups is 2. The van der Waals surface area contributed by atoms with Gasteiger partial charge in [0.25, 0.3) is 10.0 Å². The van der Waals surface area contributed by atoms with Gasteiger partial charge in [-0.3, -0.25) is 13.9 Å². The maximum Gasteiger partial charge on any atom is 0.416 e. The van der Waals surface area contributed by atoms with E-state index in [1.54, 1.807) is 26.0 Å². The third kappa shape index (κ3) is 7.96. The Morgan fingerprint density at radius 1 is 0.977 bits per heavy atom. The Hall–Kier alpha value is -3.93. The zero-order valence-corrected chi connectivity index (χ0v) is 25.3. The van der Waals surface area contributed by atoms with Crippen LogP contribution >= 0.6 is 0 Å². The molecular formula is C32H35F4N3O4S. The normalized spacial score (nSPS) is 14.7. The van der Waals surface area contributed by atoms with E-state index in [1.807, 2.05) is 0 Å². The molecular weight excluding hydrogens is 598 g/mol. The molecule has 1 saturated carbocycles. The average molecular weight is 634 g/mol. The predicted molar refractivity (Wildman–Crippen MR) is 159 cm³/mol. The van der Waals surface area contributed by atoms with Crippen LogP contribution in [0.2, 0.25) is 0 Å². The van der Waals surface area contributed by atoms with Gasteiger partial charge in [-0.1, -0.05) is 55.7 Å². The van der Waals surface area contributed by atoms with E-state index < -0.39 is 52.0 Å². The molecule has 4 rings (SSSR count). The third-order valence-electron chi connectivity index (χ3n) is 7.70. The maximum atomic E-state index is 14.1. The smallest absolute Gasteiger partial charge is 0.352 e. The number of rotatable bonds is 11. The summed E-state index contributed by atoms with van der Waals surface area (Å²) in [5, 5.41) is 2.98. The van der Waals surface area contributed by atoms with Crippen molar-refractivity contribution in [2.45, 2.75) is 75.7 Å². The summed E-state index contributed by atoms with van der Waals surface area (Å²) in [6.07, 6.45) is -1.07. The molecule has 12 heteroatoms. The van der Waals surface area contributed by atoms with Crippen molar-refractivity contribution in [2.24, 2.45) is 0 Å². The summed E-state index contributed by atoms with van der Waals surface area (Å²) in [6.45, 7) is 2.42. The lowest BCUT2D eigenvalue weighted by Gasteiger charge is -2.34. The second-order valence-electron chi connectivity index (χ2n) is 10.9. The highest BCUT2D eigenvalue weighted by atomic mass is 32.2. The predicted octanol–water partition coefficient (Wildman–Crippen LogP) is 6.21. The highest BCUT2D eigenvalue weighted by Gasteiger charge is 2.36. The van der Waals surface area contributed by atoms with E-state index in [4.69, 9.17) is 0 Å². The van der Waals surface area contributed by atoms with Crippen molar-refractivity contribution >= 4 is 27.5 Å². The molecule has 1 aliphatic rings. The lowest BCUT2D eigenvalue weighted by Crippen LogP contribution is -2.53. The number of nitrogens with one attached hydrogen (secondary N) is 1. The molecule has 3 aromatic carbocycles. The van der Waals surface area contributed by atoms with Gasteiger partial charge in [0.05, 0.1) is 16.1 Å². The fraction of sp³-hybridized carbons (Fsp3) is 0.375. The summed E-state index contributed by atoms with van der Waals surface area (Å²) in [5.41, 5.74) is -0.204. The number of amides is 2. The first-order valence-corrected chi connectivity index (χ1v) is 15.8. The topological polar surface area (TPSA) is 86.8 Å². The van der Waals surface area contributed by atoms with Crippen molar-refractivity contribution in [2.75, 3.05) is 10.8 Å². The molecule has 0 aromatic heterocycles. The minimum atomic E-state index is -4.76. The van der Waals surface area contributed by atoms with Crippen LogP contribution in [-0.4, -0.2) is 43.8 Å². The van der Waals surface area contributed by atoms with Crippen molar-refractivity contribution in [1.29, 1.82) is 0 Å². The van der Waals surface area contributed by atoms with E-state index in [-0.39, 0.29) is 29.6 Å². The molecule has 3 aromatic rings. The largest absolute Gasteiger partial charge is 0.416 e. The van der Waals surface area contributed by atoms with Crippen LogP contribution in [0.4, 0.5) is 23.2 Å². The van der Waals surface area contributed by atoms with Crippen LogP contribution in [0.1, 0.15) is 55.7 Å². The average Bonchev–Trinajstić information content (AvgIpc) is 3.49. The molecule has 1 fully saturated rings. The lowest BCUT2D eigenvalue weighted by atomic mass is 10.1. The Morgan fingerprint density at radius 3 is 2.20 bits per heavy atom. The fourth-order valence-corrected chi connectivity index (χ4v) is 6.68. The van der Waals surface area contributed by atoms with E-state index in [1.165, 1.54) is 47.4 Å². The van der Waals surface area contributed by atoms with Gasteiger partial charge in [-0.05, 0) is 74.2 Å². The standard InChI is InChI=1S/C32H35F4N3O4S/c1-3-29(31(41)37-26-8-4-5-9-26)38(20-23-13-15-25(33)16-14-23)30(40)21-39(27-10-6-7-24(19-27)32(34,35)36)44(42,43)28-17-11-22(2)12-18-28/h6-7,10-19,26,29H,3-5,8-9,20-21H2,1-2H3,(H,37,41). The third-order valence-corrected chi connectivity index (χ3v) is 9.49. The molecule has 236 valence electrons. The van der Waals surface area contributed by atoms with Crippen LogP contribution < -0.4 is 9.62 Å². The van der Waals surface area contributed by atoms with Gasteiger partial charge in [-0.25, -0.2) is 12.8 Å². The number of hydrogen-bond donors (Lipinski definition) is 1. The van der Waals surface area contributed by atoms with Crippen molar-refractivity contribution in [3.05, 3.63) is 95.3 Å². The summed E-state index contributed by atoms with van der Waals surface area (Å²) in [5.74, 6) is -1.73. The number of sulfonamides is 1. The van der Waals surface area contributed by atoms with Crippen LogP contribution in [0.3, 0.4) is 0 Å². The quantitative estimate of drug-likeness (QED) is 0.254. The second-order valence-corrected chi connectivity index (χ2v) is 12.8. The molecule has 1 N–H and O–H groups in total. The zero-order chi connectivity index (χ0) is 32.1. The summed E-state index contributed by atoms with van der Waals surface area (Å²) in [7, 11) is -4.54. The highest BCUT2D eigenvalue weighted by molar-refractivity contribution is 7.92. The molecule has 1 atom stereocenters. The van der Waals surface area contributed by atoms with Gasteiger partial charge in [0.1, 0.15) is 18.4 Å². The Morgan fingerprint density at radius 2 is 1.61 bits per heavy atom. The molecule has 1 aliphatic carbocycles. The zero-order valence-electron chi connectivity index (χ0n) is 24.5. The van der Waals surface area contributed by atoms with Gasteiger partial charge >= 0.3 is 6.18 Å². The molecule has 44 heavy (non-hydrogen) atoms. The first-order chi connectivity index (χ1) is 20.8. The summed E-state index contributed by atoms with van der Waals surface area (Å²) in [6, 6.07) is 13.7. The van der Waals surface area contributed by atoms with E-state index >= 15 is 0 Å². The lowest BCUT2D eigenvalue weighted by molar-refractivity contribution is -0.140. The van der Waals surface area contributed by atoms with Crippen LogP contribution in [0.15, 0.2) is 77.7 Å². The van der Waals surface area contributed by atoms with Gasteiger partial charge in [0.2, 0.25) is 11.8 Å². The molecule has 0 saturated heterocycles. The monoisotopic (exact) mass is 633 g/mol. The van der Waals surface area contributed by atoms with Gasteiger partial charge in [0, 0.05) is 12.6 Å². The fourth-order valence-electron chi connectivity index (χ4n) is 5.28. The number of hydrogen-bond acceptors (Lipinski definition) is 4. The summed E-state index contributed by atoms with van der Waals surface area (Å²) >= 11 is 0. The number of benzene rings is 3. The van der Waals surface area contributed by atoms with Crippen LogP contribution in [0.25, 0.3) is 0 Å².